The number of aryl methyl sites for hydroxylation is 1. The van der Waals surface area contributed by atoms with Crippen molar-refractivity contribution in [1.29, 1.82) is 0 Å². The molecule has 3 amide bonds. The summed E-state index contributed by atoms with van der Waals surface area (Å²) in [4.78, 5) is 49.3. The number of imidazole rings is 1. The fraction of sp³-hybridized carbons (Fsp3) is 0.321. The van der Waals surface area contributed by atoms with Gasteiger partial charge in [-0.1, -0.05) is 47.6 Å². The maximum atomic E-state index is 13.5. The molecule has 1 fully saturated rings. The highest BCUT2D eigenvalue weighted by Crippen LogP contribution is 2.32. The lowest BCUT2D eigenvalue weighted by molar-refractivity contribution is -0.135. The molecule has 0 bridgehead atoms. The standard InChI is InChI=1S/C28H30N6O4/c1-17-15-23(33-38-17)28(37)32-22(16-25(35)34-14-8-13-24(34)19-9-4-3-5-10-19)27(36)29-18(2)26-30-20-11-6-7-12-21(20)31-26/h3-7,9-12,15,18,22,24H,8,13-14,16H2,1-2H3,(H,29,36)(H,30,31)(H,32,37)/t18?,22?,24-/m0/s1. The highest BCUT2D eigenvalue weighted by atomic mass is 16.5. The van der Waals surface area contributed by atoms with Gasteiger partial charge in [-0.25, -0.2) is 4.98 Å². The maximum absolute atomic E-state index is 13.5. The third kappa shape index (κ3) is 5.44. The number of nitrogens with one attached hydrogen (secondary N) is 3. The van der Waals surface area contributed by atoms with Crippen LogP contribution in [0.1, 0.15) is 65.9 Å². The van der Waals surface area contributed by atoms with Gasteiger partial charge in [-0.05, 0) is 44.4 Å². The fourth-order valence-electron chi connectivity index (χ4n) is 4.85. The summed E-state index contributed by atoms with van der Waals surface area (Å²) >= 11 is 0. The van der Waals surface area contributed by atoms with Gasteiger partial charge in [-0.2, -0.15) is 0 Å². The van der Waals surface area contributed by atoms with E-state index >= 15 is 0 Å². The van der Waals surface area contributed by atoms with Crippen molar-refractivity contribution in [2.45, 2.75) is 51.2 Å². The lowest BCUT2D eigenvalue weighted by atomic mass is 10.0. The Morgan fingerprint density at radius 1 is 1.11 bits per heavy atom. The average molecular weight is 515 g/mol. The summed E-state index contributed by atoms with van der Waals surface area (Å²) in [6, 6.07) is 17.2. The van der Waals surface area contributed by atoms with E-state index in [4.69, 9.17) is 4.52 Å². The number of hydrogen-bond donors (Lipinski definition) is 3. The minimum Gasteiger partial charge on any atom is -0.361 e. The van der Waals surface area contributed by atoms with Crippen molar-refractivity contribution >= 4 is 28.8 Å². The number of nitrogens with zero attached hydrogens (tertiary/aromatic N) is 3. The number of benzene rings is 2. The van der Waals surface area contributed by atoms with Gasteiger partial charge >= 0.3 is 0 Å². The van der Waals surface area contributed by atoms with E-state index < -0.39 is 23.9 Å². The van der Waals surface area contributed by atoms with Crippen molar-refractivity contribution in [2.75, 3.05) is 6.54 Å². The Kier molecular flexibility index (Phi) is 7.21. The van der Waals surface area contributed by atoms with E-state index in [2.05, 4.69) is 25.8 Å². The van der Waals surface area contributed by atoms with Crippen molar-refractivity contribution in [1.82, 2.24) is 30.7 Å². The first-order valence-corrected chi connectivity index (χ1v) is 12.7. The number of fused-ring (bicyclic) bond motifs is 1. The SMILES string of the molecule is Cc1cc(C(=O)NC(CC(=O)N2CCC[C@H]2c2ccccc2)C(=O)NC(C)c2nc3ccccc3[nH]2)no1. The first-order valence-electron chi connectivity index (χ1n) is 12.7. The number of rotatable bonds is 8. The molecule has 10 nitrogen and oxygen atoms in total. The summed E-state index contributed by atoms with van der Waals surface area (Å²) < 4.78 is 5.01. The van der Waals surface area contributed by atoms with Crippen LogP contribution in [0.3, 0.4) is 0 Å². The normalized spacial score (nSPS) is 16.8. The Bertz CT molecular complexity index is 1410. The summed E-state index contributed by atoms with van der Waals surface area (Å²) in [5.74, 6) is -0.243. The largest absolute Gasteiger partial charge is 0.361 e. The smallest absolute Gasteiger partial charge is 0.274 e. The molecule has 10 heteroatoms. The predicted octanol–water partition coefficient (Wildman–Crippen LogP) is 3.59. The first-order chi connectivity index (χ1) is 18.4. The van der Waals surface area contributed by atoms with Gasteiger partial charge < -0.3 is 25.0 Å². The van der Waals surface area contributed by atoms with Crippen LogP contribution in [0.5, 0.6) is 0 Å². The monoisotopic (exact) mass is 514 g/mol. The lowest BCUT2D eigenvalue weighted by Gasteiger charge is -2.27. The van der Waals surface area contributed by atoms with Gasteiger partial charge in [0.2, 0.25) is 11.8 Å². The van der Waals surface area contributed by atoms with Gasteiger partial charge in [0, 0.05) is 12.6 Å². The Hall–Kier alpha value is -4.47. The van der Waals surface area contributed by atoms with Crippen LogP contribution in [0.25, 0.3) is 11.0 Å². The number of aromatic nitrogens is 3. The molecule has 3 heterocycles. The summed E-state index contributed by atoms with van der Waals surface area (Å²) in [5, 5.41) is 9.32. The lowest BCUT2D eigenvalue weighted by Crippen LogP contribution is -2.50. The number of likely N-dealkylation sites (tertiary alicyclic amines) is 1. The number of hydrogen-bond acceptors (Lipinski definition) is 6. The van der Waals surface area contributed by atoms with E-state index in [1.807, 2.05) is 54.6 Å². The van der Waals surface area contributed by atoms with Crippen molar-refractivity contribution in [3.05, 3.63) is 83.5 Å². The van der Waals surface area contributed by atoms with Crippen LogP contribution in [-0.4, -0.2) is 50.3 Å². The van der Waals surface area contributed by atoms with E-state index in [-0.39, 0.29) is 24.1 Å². The van der Waals surface area contributed by atoms with E-state index in [0.717, 1.165) is 29.4 Å². The predicted molar refractivity (Wildman–Crippen MR) is 140 cm³/mol. The van der Waals surface area contributed by atoms with Crippen molar-refractivity contribution in [3.8, 4) is 0 Å². The van der Waals surface area contributed by atoms with Crippen molar-refractivity contribution < 1.29 is 18.9 Å². The molecule has 2 aromatic carbocycles. The summed E-state index contributed by atoms with van der Waals surface area (Å²) in [6.45, 7) is 4.06. The summed E-state index contributed by atoms with van der Waals surface area (Å²) in [5.41, 5.74) is 2.73. The second-order valence-electron chi connectivity index (χ2n) is 9.58. The second kappa shape index (κ2) is 10.9. The van der Waals surface area contributed by atoms with Crippen LogP contribution in [-0.2, 0) is 9.59 Å². The Morgan fingerprint density at radius 2 is 1.87 bits per heavy atom. The molecule has 0 spiro atoms. The van der Waals surface area contributed by atoms with Gasteiger partial charge in [0.15, 0.2) is 5.69 Å². The molecule has 1 aliphatic rings. The fourth-order valence-corrected chi connectivity index (χ4v) is 4.85. The molecule has 1 aliphatic heterocycles. The van der Waals surface area contributed by atoms with Crippen LogP contribution in [0.2, 0.25) is 0 Å². The van der Waals surface area contributed by atoms with Crippen LogP contribution in [0.15, 0.2) is 65.2 Å². The van der Waals surface area contributed by atoms with Crippen LogP contribution in [0, 0.1) is 6.92 Å². The third-order valence-corrected chi connectivity index (χ3v) is 6.80. The highest BCUT2D eigenvalue weighted by Gasteiger charge is 2.34. The van der Waals surface area contributed by atoms with E-state index in [0.29, 0.717) is 18.1 Å². The van der Waals surface area contributed by atoms with Crippen LogP contribution in [0.4, 0.5) is 0 Å². The number of carbonyl (C=O) groups excluding carboxylic acids is 3. The van der Waals surface area contributed by atoms with Crippen molar-refractivity contribution in [3.63, 3.8) is 0 Å². The van der Waals surface area contributed by atoms with Gasteiger partial charge in [0.1, 0.15) is 17.6 Å². The minimum absolute atomic E-state index is 0.0430. The average Bonchev–Trinajstić information content (AvgIpc) is 3.68. The summed E-state index contributed by atoms with van der Waals surface area (Å²) in [7, 11) is 0. The number of carbonyl (C=O) groups is 3. The third-order valence-electron chi connectivity index (χ3n) is 6.80. The molecular formula is C28H30N6O4. The molecule has 4 aromatic rings. The maximum Gasteiger partial charge on any atom is 0.274 e. The molecule has 1 saturated heterocycles. The van der Waals surface area contributed by atoms with Crippen LogP contribution < -0.4 is 10.6 Å². The van der Waals surface area contributed by atoms with Gasteiger partial charge in [-0.3, -0.25) is 14.4 Å². The van der Waals surface area contributed by atoms with Gasteiger partial charge in [0.05, 0.1) is 29.5 Å². The molecule has 0 aliphatic carbocycles. The second-order valence-corrected chi connectivity index (χ2v) is 9.58. The number of H-pyrrole nitrogens is 1. The summed E-state index contributed by atoms with van der Waals surface area (Å²) in [6.07, 6.45) is 1.53. The van der Waals surface area contributed by atoms with E-state index in [1.54, 1.807) is 18.7 Å². The molecule has 2 aromatic heterocycles. The topological polar surface area (TPSA) is 133 Å². The van der Waals surface area contributed by atoms with Crippen molar-refractivity contribution in [2.24, 2.45) is 0 Å². The molecule has 3 N–H and O–H groups in total. The first kappa shape index (κ1) is 25.2. The van der Waals surface area contributed by atoms with E-state index in [1.165, 1.54) is 6.07 Å². The van der Waals surface area contributed by atoms with Gasteiger partial charge in [0.25, 0.3) is 5.91 Å². The Morgan fingerprint density at radius 3 is 2.61 bits per heavy atom. The zero-order valence-electron chi connectivity index (χ0n) is 21.3. The molecule has 0 saturated carbocycles. The number of aromatic amines is 1. The van der Waals surface area contributed by atoms with E-state index in [9.17, 15) is 14.4 Å². The molecule has 5 rings (SSSR count). The zero-order valence-corrected chi connectivity index (χ0v) is 21.3. The number of para-hydroxylation sites is 2. The quantitative estimate of drug-likeness (QED) is 0.329. The minimum atomic E-state index is -1.11. The molecule has 196 valence electrons. The Labute approximate surface area is 219 Å². The molecule has 0 radical (unpaired) electrons. The zero-order chi connectivity index (χ0) is 26.6. The molecular weight excluding hydrogens is 484 g/mol. The Balaban J connectivity index is 1.33. The highest BCUT2D eigenvalue weighted by molar-refractivity contribution is 5.98. The van der Waals surface area contributed by atoms with Gasteiger partial charge in [-0.15, -0.1) is 0 Å². The molecule has 38 heavy (non-hydrogen) atoms. The molecule has 3 atom stereocenters. The van der Waals surface area contributed by atoms with Crippen LogP contribution >= 0.6 is 0 Å². The number of amides is 3. The molecule has 2 unspecified atom stereocenters.